The molecule has 0 unspecified atom stereocenters. The van der Waals surface area contributed by atoms with E-state index >= 15 is 0 Å². The molecule has 0 atom stereocenters. The highest BCUT2D eigenvalue weighted by Crippen LogP contribution is 2.14. The first-order chi connectivity index (χ1) is 7.75. The molecule has 0 heterocycles. The van der Waals surface area contributed by atoms with E-state index in [1.807, 2.05) is 31.2 Å². The van der Waals surface area contributed by atoms with Crippen LogP contribution in [0.3, 0.4) is 0 Å². The van der Waals surface area contributed by atoms with Crippen molar-refractivity contribution in [2.75, 3.05) is 11.1 Å². The number of nitrogen functional groups attached to an aromatic ring is 1. The number of nitrogens with two attached hydrogens (primary N) is 1. The van der Waals surface area contributed by atoms with Crippen molar-refractivity contribution < 1.29 is 0 Å². The van der Waals surface area contributed by atoms with E-state index in [-0.39, 0.29) is 0 Å². The zero-order chi connectivity index (χ0) is 11.4. The number of hydrogen-bond donors (Lipinski definition) is 2. The smallest absolute Gasteiger partial charge is 0.0401 e. The highest BCUT2D eigenvalue weighted by atomic mass is 14.9. The highest BCUT2D eigenvalue weighted by molar-refractivity contribution is 5.50. The second-order valence-corrected chi connectivity index (χ2v) is 3.91. The quantitative estimate of drug-likeness (QED) is 0.767. The van der Waals surface area contributed by atoms with Gasteiger partial charge in [-0.1, -0.05) is 30.3 Å². The molecular formula is C14H16N2. The van der Waals surface area contributed by atoms with Gasteiger partial charge in [-0.25, -0.2) is 0 Å². The molecule has 82 valence electrons. The molecule has 2 aromatic carbocycles. The molecule has 0 aliphatic heterocycles. The topological polar surface area (TPSA) is 38.0 Å². The molecule has 3 N–H and O–H groups in total. The van der Waals surface area contributed by atoms with E-state index in [9.17, 15) is 0 Å². The van der Waals surface area contributed by atoms with Crippen LogP contribution >= 0.6 is 0 Å². The van der Waals surface area contributed by atoms with Crippen LogP contribution in [0.2, 0.25) is 0 Å². The Morgan fingerprint density at radius 2 is 1.81 bits per heavy atom. The van der Waals surface area contributed by atoms with Crippen LogP contribution in [0.1, 0.15) is 11.1 Å². The Bertz CT molecular complexity index is 463. The van der Waals surface area contributed by atoms with Crippen LogP contribution in [-0.4, -0.2) is 0 Å². The van der Waals surface area contributed by atoms with Gasteiger partial charge in [0.05, 0.1) is 0 Å². The van der Waals surface area contributed by atoms with Crippen LogP contribution in [-0.2, 0) is 6.54 Å². The molecule has 0 spiro atoms. The number of hydrogen-bond acceptors (Lipinski definition) is 2. The maximum atomic E-state index is 5.86. The Labute approximate surface area is 96.1 Å². The fourth-order valence-corrected chi connectivity index (χ4v) is 1.56. The summed E-state index contributed by atoms with van der Waals surface area (Å²) >= 11 is 0. The molecule has 0 amide bonds. The summed E-state index contributed by atoms with van der Waals surface area (Å²) in [7, 11) is 0. The normalized spacial score (nSPS) is 10.1. The van der Waals surface area contributed by atoms with E-state index in [2.05, 4.69) is 29.6 Å². The van der Waals surface area contributed by atoms with Crippen LogP contribution in [0.15, 0.2) is 48.5 Å². The van der Waals surface area contributed by atoms with Gasteiger partial charge in [-0.15, -0.1) is 0 Å². The third kappa shape index (κ3) is 2.54. The minimum atomic E-state index is 0.800. The molecule has 2 nitrogen and oxygen atoms in total. The van der Waals surface area contributed by atoms with Crippen molar-refractivity contribution in [2.24, 2.45) is 0 Å². The zero-order valence-electron chi connectivity index (χ0n) is 9.40. The predicted molar refractivity (Wildman–Crippen MR) is 69.4 cm³/mol. The Kier molecular flexibility index (Phi) is 3.10. The van der Waals surface area contributed by atoms with Gasteiger partial charge in [0, 0.05) is 17.9 Å². The Hall–Kier alpha value is -1.96. The molecule has 0 aromatic heterocycles. The Morgan fingerprint density at radius 3 is 2.50 bits per heavy atom. The van der Waals surface area contributed by atoms with Crippen LogP contribution in [0.5, 0.6) is 0 Å². The van der Waals surface area contributed by atoms with Gasteiger partial charge < -0.3 is 11.1 Å². The Morgan fingerprint density at radius 1 is 1.06 bits per heavy atom. The summed E-state index contributed by atoms with van der Waals surface area (Å²) < 4.78 is 0. The van der Waals surface area contributed by atoms with Crippen molar-refractivity contribution >= 4 is 11.4 Å². The van der Waals surface area contributed by atoms with Crippen LogP contribution in [0, 0.1) is 6.92 Å². The van der Waals surface area contributed by atoms with Gasteiger partial charge >= 0.3 is 0 Å². The van der Waals surface area contributed by atoms with E-state index in [0.29, 0.717) is 0 Å². The second-order valence-electron chi connectivity index (χ2n) is 3.91. The standard InChI is InChI=1S/C14H16N2/c1-11-7-8-12(9-14(11)15)10-16-13-5-3-2-4-6-13/h2-9,16H,10,15H2,1H3. The van der Waals surface area contributed by atoms with Crippen molar-refractivity contribution in [1.29, 1.82) is 0 Å². The van der Waals surface area contributed by atoms with Crippen LogP contribution in [0.4, 0.5) is 11.4 Å². The van der Waals surface area contributed by atoms with E-state index in [1.165, 1.54) is 5.56 Å². The van der Waals surface area contributed by atoms with Gasteiger partial charge in [0.15, 0.2) is 0 Å². The van der Waals surface area contributed by atoms with Crippen molar-refractivity contribution in [3.8, 4) is 0 Å². The summed E-state index contributed by atoms with van der Waals surface area (Å²) in [6.07, 6.45) is 0. The largest absolute Gasteiger partial charge is 0.399 e. The van der Waals surface area contributed by atoms with Gasteiger partial charge in [0.2, 0.25) is 0 Å². The molecule has 0 aliphatic carbocycles. The third-order valence-electron chi connectivity index (χ3n) is 2.61. The third-order valence-corrected chi connectivity index (χ3v) is 2.61. The van der Waals surface area contributed by atoms with Gasteiger partial charge in [0.25, 0.3) is 0 Å². The van der Waals surface area contributed by atoms with Crippen LogP contribution in [0.25, 0.3) is 0 Å². The Balaban J connectivity index is 2.03. The maximum Gasteiger partial charge on any atom is 0.0401 e. The van der Waals surface area contributed by atoms with Gasteiger partial charge in [-0.05, 0) is 36.2 Å². The monoisotopic (exact) mass is 212 g/mol. The first-order valence-electron chi connectivity index (χ1n) is 5.39. The molecule has 0 fully saturated rings. The molecule has 0 radical (unpaired) electrons. The first-order valence-corrected chi connectivity index (χ1v) is 5.39. The average molecular weight is 212 g/mol. The molecule has 0 saturated carbocycles. The van der Waals surface area contributed by atoms with E-state index in [0.717, 1.165) is 23.5 Å². The minimum absolute atomic E-state index is 0.800. The molecule has 16 heavy (non-hydrogen) atoms. The van der Waals surface area contributed by atoms with Crippen molar-refractivity contribution in [3.63, 3.8) is 0 Å². The molecular weight excluding hydrogens is 196 g/mol. The number of para-hydroxylation sites is 1. The SMILES string of the molecule is Cc1ccc(CNc2ccccc2)cc1N. The molecule has 0 aliphatic rings. The molecule has 0 bridgehead atoms. The van der Waals surface area contributed by atoms with E-state index in [4.69, 9.17) is 5.73 Å². The summed E-state index contributed by atoms with van der Waals surface area (Å²) in [6, 6.07) is 16.3. The van der Waals surface area contributed by atoms with E-state index in [1.54, 1.807) is 0 Å². The zero-order valence-corrected chi connectivity index (χ0v) is 9.40. The number of aryl methyl sites for hydroxylation is 1. The lowest BCUT2D eigenvalue weighted by Crippen LogP contribution is -2.00. The minimum Gasteiger partial charge on any atom is -0.399 e. The van der Waals surface area contributed by atoms with Gasteiger partial charge in [-0.3, -0.25) is 0 Å². The molecule has 2 rings (SSSR count). The summed E-state index contributed by atoms with van der Waals surface area (Å²) in [5.74, 6) is 0. The lowest BCUT2D eigenvalue weighted by atomic mass is 10.1. The van der Waals surface area contributed by atoms with E-state index < -0.39 is 0 Å². The summed E-state index contributed by atoms with van der Waals surface area (Å²) in [6.45, 7) is 2.82. The van der Waals surface area contributed by atoms with Gasteiger partial charge in [0.1, 0.15) is 0 Å². The molecule has 2 aromatic rings. The molecule has 2 heteroatoms. The summed E-state index contributed by atoms with van der Waals surface area (Å²) in [5.41, 5.74) is 10.2. The molecule has 0 saturated heterocycles. The van der Waals surface area contributed by atoms with Crippen molar-refractivity contribution in [3.05, 3.63) is 59.7 Å². The maximum absolute atomic E-state index is 5.86. The highest BCUT2D eigenvalue weighted by Gasteiger charge is 1.96. The average Bonchev–Trinajstić information content (AvgIpc) is 2.32. The fraction of sp³-hybridized carbons (Fsp3) is 0.143. The number of anilines is 2. The first kappa shape index (κ1) is 10.6. The number of nitrogens with one attached hydrogen (secondary N) is 1. The fourth-order valence-electron chi connectivity index (χ4n) is 1.56. The second kappa shape index (κ2) is 4.71. The van der Waals surface area contributed by atoms with Crippen molar-refractivity contribution in [1.82, 2.24) is 0 Å². The summed E-state index contributed by atoms with van der Waals surface area (Å²) in [5, 5.41) is 3.35. The van der Waals surface area contributed by atoms with Crippen LogP contribution < -0.4 is 11.1 Å². The lowest BCUT2D eigenvalue weighted by Gasteiger charge is -2.08. The predicted octanol–water partition coefficient (Wildman–Crippen LogP) is 3.19. The van der Waals surface area contributed by atoms with Gasteiger partial charge in [-0.2, -0.15) is 0 Å². The lowest BCUT2D eigenvalue weighted by molar-refractivity contribution is 1.15. The van der Waals surface area contributed by atoms with Crippen molar-refractivity contribution in [2.45, 2.75) is 13.5 Å². The number of rotatable bonds is 3. The summed E-state index contributed by atoms with van der Waals surface area (Å²) in [4.78, 5) is 0. The number of benzene rings is 2.